The number of halogens is 5. The molecule has 1 aromatic heterocycles. The molecule has 8 nitrogen and oxygen atoms in total. The zero-order chi connectivity index (χ0) is 23.2. The summed E-state index contributed by atoms with van der Waals surface area (Å²) in [7, 11) is -14.5. The third-order valence-electron chi connectivity index (χ3n) is 6.56. The number of sulfonamides is 1. The zero-order valence-corrected chi connectivity index (χ0v) is 17.9. The average molecular weight is 499 g/mol. The molecule has 0 spiro atoms. The van der Waals surface area contributed by atoms with Gasteiger partial charge in [0.25, 0.3) is 5.91 Å². The quantitative estimate of drug-likeness (QED) is 0.651. The van der Waals surface area contributed by atoms with Crippen LogP contribution in [0.2, 0.25) is 0 Å². The van der Waals surface area contributed by atoms with E-state index in [0.29, 0.717) is 18.9 Å². The molecule has 15 heteroatoms. The molecule has 176 valence electrons. The van der Waals surface area contributed by atoms with Crippen molar-refractivity contribution in [2.45, 2.75) is 34.7 Å². The summed E-state index contributed by atoms with van der Waals surface area (Å²) in [6.07, 6.45) is 2.32. The van der Waals surface area contributed by atoms with Gasteiger partial charge in [-0.1, -0.05) is 30.7 Å². The van der Waals surface area contributed by atoms with Crippen LogP contribution in [0.3, 0.4) is 0 Å². The Morgan fingerprint density at radius 2 is 1.69 bits per heavy atom. The van der Waals surface area contributed by atoms with Crippen LogP contribution in [0.1, 0.15) is 23.3 Å². The number of H-pyrrole nitrogens is 1. The Bertz CT molecular complexity index is 1190. The van der Waals surface area contributed by atoms with Gasteiger partial charge in [0.15, 0.2) is 5.69 Å². The molecule has 1 amide bonds. The van der Waals surface area contributed by atoms with E-state index in [0.717, 1.165) is 6.07 Å². The molecule has 0 saturated carbocycles. The molecule has 4 atom stereocenters. The number of carbonyl (C=O) groups excluding carboxylic acids is 1. The first-order valence-corrected chi connectivity index (χ1v) is 13.1. The second-order valence-corrected chi connectivity index (χ2v) is 12.6. The van der Waals surface area contributed by atoms with E-state index in [-0.39, 0.29) is 48.7 Å². The normalized spacial score (nSPS) is 30.2. The SMILES string of the molecule is O=C(c1c[nH]nn1)N1C[C@@H]2[C@H](C1)[C@@H]1CC[C@H]2N1S(=O)(=O)c1cccc(S(F)(F)(F)(F)F)c1. The largest absolute Gasteiger partial charge is 0.336 e. The summed E-state index contributed by atoms with van der Waals surface area (Å²) >= 11 is 0. The lowest BCUT2D eigenvalue weighted by molar-refractivity contribution is 0.0767. The lowest BCUT2D eigenvalue weighted by atomic mass is 9.82. The Hall–Kier alpha value is -2.26. The topological polar surface area (TPSA) is 99.3 Å². The predicted octanol–water partition coefficient (Wildman–Crippen LogP) is 3.39. The highest BCUT2D eigenvalue weighted by Gasteiger charge is 2.66. The van der Waals surface area contributed by atoms with Gasteiger partial charge in [0.2, 0.25) is 10.0 Å². The minimum absolute atomic E-state index is 0.0187. The Morgan fingerprint density at radius 1 is 1.06 bits per heavy atom. The maximum absolute atomic E-state index is 13.2. The van der Waals surface area contributed by atoms with E-state index >= 15 is 0 Å². The van der Waals surface area contributed by atoms with Gasteiger partial charge in [0.1, 0.15) is 4.90 Å². The summed E-state index contributed by atoms with van der Waals surface area (Å²) in [5.74, 6) is -0.734. The fourth-order valence-electron chi connectivity index (χ4n) is 5.30. The molecule has 4 heterocycles. The number of aromatic amines is 1. The highest BCUT2D eigenvalue weighted by molar-refractivity contribution is 8.45. The lowest BCUT2D eigenvalue weighted by Gasteiger charge is -2.40. The molecule has 2 aromatic rings. The number of hydrogen-bond acceptors (Lipinski definition) is 5. The summed E-state index contributed by atoms with van der Waals surface area (Å²) in [5.41, 5.74) is 0.134. The Labute approximate surface area is 179 Å². The number of carbonyl (C=O) groups is 1. The average Bonchev–Trinajstić information content (AvgIpc) is 3.47. The van der Waals surface area contributed by atoms with E-state index in [1.54, 1.807) is 4.90 Å². The van der Waals surface area contributed by atoms with Gasteiger partial charge in [-0.3, -0.25) is 9.89 Å². The minimum atomic E-state index is -10.0. The Morgan fingerprint density at radius 3 is 2.22 bits per heavy atom. The van der Waals surface area contributed by atoms with Crippen LogP contribution < -0.4 is 0 Å². The number of hydrogen-bond donors (Lipinski definition) is 1. The molecule has 3 aliphatic rings. The summed E-state index contributed by atoms with van der Waals surface area (Å²) in [6.45, 7) is 0.546. The van der Waals surface area contributed by atoms with E-state index in [9.17, 15) is 32.6 Å². The molecular formula is C17H18F5N5O3S2. The minimum Gasteiger partial charge on any atom is -0.336 e. The van der Waals surface area contributed by atoms with Gasteiger partial charge in [0.05, 0.1) is 11.1 Å². The summed E-state index contributed by atoms with van der Waals surface area (Å²) < 4.78 is 93.8. The summed E-state index contributed by atoms with van der Waals surface area (Å²) in [6, 6.07) is 0.738. The third kappa shape index (κ3) is 3.28. The first kappa shape index (κ1) is 21.6. The number of benzene rings is 1. The van der Waals surface area contributed by atoms with Crippen molar-refractivity contribution in [3.8, 4) is 0 Å². The fourth-order valence-corrected chi connectivity index (χ4v) is 8.07. The Kier molecular flexibility index (Phi) is 4.04. The van der Waals surface area contributed by atoms with Crippen molar-refractivity contribution in [3.05, 3.63) is 36.2 Å². The standard InChI is InChI=1S/C17H18F5N5O3S2/c18-32(19,20,21,22)11-3-1-2-10(6-11)31(29,30)27-15-4-5-16(27)13-9-26(8-12(13)15)17(28)14-7-23-25-24-14/h1-3,6-7,12-13,15-16H,4-5,8-9H2,(H,23,24,25)/t12-,13+,15-,16+. The second-order valence-electron chi connectivity index (χ2n) is 8.39. The van der Waals surface area contributed by atoms with Crippen LogP contribution in [0.15, 0.2) is 40.3 Å². The van der Waals surface area contributed by atoms with Crippen molar-refractivity contribution < 1.29 is 32.6 Å². The smallest absolute Gasteiger partial charge is 0.310 e. The van der Waals surface area contributed by atoms with E-state index in [1.807, 2.05) is 0 Å². The fraction of sp³-hybridized carbons (Fsp3) is 0.471. The number of nitrogens with one attached hydrogen (secondary N) is 1. The second kappa shape index (κ2) is 5.99. The van der Waals surface area contributed by atoms with Gasteiger partial charge in [0, 0.05) is 25.2 Å². The predicted molar refractivity (Wildman–Crippen MR) is 103 cm³/mol. The molecule has 0 aliphatic carbocycles. The molecule has 32 heavy (non-hydrogen) atoms. The molecule has 3 fully saturated rings. The van der Waals surface area contributed by atoms with E-state index in [2.05, 4.69) is 15.4 Å². The van der Waals surface area contributed by atoms with Gasteiger partial charge in [-0.25, -0.2) is 8.42 Å². The highest BCUT2D eigenvalue weighted by Crippen LogP contribution is 3.02. The zero-order valence-electron chi connectivity index (χ0n) is 16.2. The molecule has 5 rings (SSSR count). The molecule has 0 radical (unpaired) electrons. The van der Waals surface area contributed by atoms with Crippen molar-refractivity contribution in [2.75, 3.05) is 13.1 Å². The van der Waals surface area contributed by atoms with Gasteiger partial charge in [-0.2, -0.15) is 4.31 Å². The molecule has 2 bridgehead atoms. The van der Waals surface area contributed by atoms with Crippen molar-refractivity contribution in [3.63, 3.8) is 0 Å². The van der Waals surface area contributed by atoms with Crippen LogP contribution in [-0.4, -0.2) is 64.1 Å². The molecule has 3 saturated heterocycles. The van der Waals surface area contributed by atoms with Crippen LogP contribution >= 0.6 is 10.2 Å². The molecular weight excluding hydrogens is 481 g/mol. The number of amides is 1. The Balaban J connectivity index is 1.43. The van der Waals surface area contributed by atoms with Crippen LogP contribution in [0, 0.1) is 11.8 Å². The number of fused-ring (bicyclic) bond motifs is 5. The molecule has 3 aliphatic heterocycles. The number of rotatable bonds is 4. The van der Waals surface area contributed by atoms with Gasteiger partial charge < -0.3 is 4.90 Å². The highest BCUT2D eigenvalue weighted by atomic mass is 32.5. The number of nitrogens with zero attached hydrogens (tertiary/aromatic N) is 4. The molecule has 1 aromatic carbocycles. The van der Waals surface area contributed by atoms with E-state index in [1.165, 1.54) is 10.5 Å². The summed E-state index contributed by atoms with van der Waals surface area (Å²) in [5, 5.41) is 9.64. The number of aromatic nitrogens is 3. The van der Waals surface area contributed by atoms with Gasteiger partial charge in [-0.15, -0.1) is 5.10 Å². The molecule has 0 unspecified atom stereocenters. The van der Waals surface area contributed by atoms with Crippen molar-refractivity contribution in [1.29, 1.82) is 0 Å². The monoisotopic (exact) mass is 499 g/mol. The van der Waals surface area contributed by atoms with Crippen LogP contribution in [0.4, 0.5) is 19.4 Å². The van der Waals surface area contributed by atoms with Crippen LogP contribution in [0.5, 0.6) is 0 Å². The van der Waals surface area contributed by atoms with Crippen molar-refractivity contribution in [2.24, 2.45) is 11.8 Å². The molecule has 1 N–H and O–H groups in total. The van der Waals surface area contributed by atoms with Gasteiger partial charge >= 0.3 is 10.2 Å². The number of likely N-dealkylation sites (tertiary alicyclic amines) is 1. The first-order valence-electron chi connectivity index (χ1n) is 9.70. The maximum atomic E-state index is 13.2. The van der Waals surface area contributed by atoms with Crippen LogP contribution in [-0.2, 0) is 10.0 Å². The summed E-state index contributed by atoms with van der Waals surface area (Å²) in [4.78, 5) is 11.1. The first-order chi connectivity index (χ1) is 14.7. The van der Waals surface area contributed by atoms with Crippen molar-refractivity contribution >= 4 is 26.2 Å². The van der Waals surface area contributed by atoms with E-state index < -0.39 is 42.1 Å². The third-order valence-corrected chi connectivity index (χ3v) is 9.65. The van der Waals surface area contributed by atoms with Crippen molar-refractivity contribution in [1.82, 2.24) is 24.6 Å². The van der Waals surface area contributed by atoms with E-state index in [4.69, 9.17) is 0 Å². The van der Waals surface area contributed by atoms with Crippen LogP contribution in [0.25, 0.3) is 0 Å². The maximum Gasteiger partial charge on any atom is 0.310 e. The lowest BCUT2D eigenvalue weighted by Crippen LogP contribution is -2.41. The van der Waals surface area contributed by atoms with Gasteiger partial charge in [-0.05, 0) is 42.9 Å².